The molecule has 2 saturated carbocycles. The number of nitriles is 1. The summed E-state index contributed by atoms with van der Waals surface area (Å²) in [6, 6.07) is 2.94. The maximum atomic E-state index is 12.5. The summed E-state index contributed by atoms with van der Waals surface area (Å²) in [5.41, 5.74) is -0.615. The van der Waals surface area contributed by atoms with E-state index in [1.54, 1.807) is 11.9 Å². The van der Waals surface area contributed by atoms with Crippen LogP contribution < -0.4 is 5.32 Å². The highest BCUT2D eigenvalue weighted by Crippen LogP contribution is 2.34. The van der Waals surface area contributed by atoms with Gasteiger partial charge in [-0.3, -0.25) is 4.79 Å². The van der Waals surface area contributed by atoms with E-state index in [1.165, 1.54) is 35.9 Å². The number of carbonyl (C=O) groups is 1. The third kappa shape index (κ3) is 3.96. The Balaban J connectivity index is 1.53. The van der Waals surface area contributed by atoms with Crippen LogP contribution in [0, 0.1) is 11.3 Å². The molecule has 0 spiro atoms. The van der Waals surface area contributed by atoms with Crippen molar-refractivity contribution >= 4 is 34.1 Å². The monoisotopic (exact) mass is 351 g/mol. The number of anilines is 1. The minimum Gasteiger partial charge on any atom is -0.357 e. The molecule has 23 heavy (non-hydrogen) atoms. The van der Waals surface area contributed by atoms with E-state index in [4.69, 9.17) is 0 Å². The Morgan fingerprint density at radius 1 is 1.43 bits per heavy atom. The van der Waals surface area contributed by atoms with Crippen LogP contribution in [0.1, 0.15) is 44.9 Å². The standard InChI is InChI=1S/C15H21N5OS2/c1-20(15(10-16)7-3-2-4-8-15)12(21)9-22-14-19-18-13(23-14)17-11-5-6-11/h11H,2-9H2,1H3,(H,17,18). The quantitative estimate of drug-likeness (QED) is 0.794. The highest BCUT2D eigenvalue weighted by molar-refractivity contribution is 8.01. The van der Waals surface area contributed by atoms with Gasteiger partial charge in [0.25, 0.3) is 0 Å². The number of thioether (sulfide) groups is 1. The van der Waals surface area contributed by atoms with Crippen molar-refractivity contribution < 1.29 is 4.79 Å². The number of hydrogen-bond acceptors (Lipinski definition) is 7. The van der Waals surface area contributed by atoms with E-state index >= 15 is 0 Å². The number of hydrogen-bond donors (Lipinski definition) is 1. The second kappa shape index (κ2) is 7.05. The molecule has 0 saturated heterocycles. The van der Waals surface area contributed by atoms with E-state index in [-0.39, 0.29) is 5.91 Å². The third-order valence-corrected chi connectivity index (χ3v) is 6.51. The van der Waals surface area contributed by atoms with E-state index < -0.39 is 5.54 Å². The van der Waals surface area contributed by atoms with Crippen LogP contribution in [0.3, 0.4) is 0 Å². The van der Waals surface area contributed by atoms with Crippen molar-refractivity contribution in [2.75, 3.05) is 18.1 Å². The molecular weight excluding hydrogens is 330 g/mol. The molecule has 1 amide bonds. The van der Waals surface area contributed by atoms with E-state index in [0.29, 0.717) is 11.8 Å². The maximum Gasteiger partial charge on any atom is 0.234 e. The Morgan fingerprint density at radius 3 is 2.83 bits per heavy atom. The van der Waals surface area contributed by atoms with Crippen LogP contribution in [0.2, 0.25) is 0 Å². The first-order valence-corrected chi connectivity index (χ1v) is 9.84. The lowest BCUT2D eigenvalue weighted by atomic mass is 9.81. The molecule has 3 rings (SSSR count). The first-order chi connectivity index (χ1) is 11.1. The minimum absolute atomic E-state index is 0.00893. The number of carbonyl (C=O) groups excluding carboxylic acids is 1. The van der Waals surface area contributed by atoms with Crippen LogP contribution >= 0.6 is 23.1 Å². The third-order valence-electron chi connectivity index (χ3n) is 4.54. The van der Waals surface area contributed by atoms with Crippen LogP contribution in [-0.2, 0) is 4.79 Å². The summed E-state index contributed by atoms with van der Waals surface area (Å²) in [7, 11) is 1.76. The van der Waals surface area contributed by atoms with Crippen molar-refractivity contribution in [2.24, 2.45) is 0 Å². The Hall–Kier alpha value is -1.33. The fourth-order valence-electron chi connectivity index (χ4n) is 2.85. The van der Waals surface area contributed by atoms with E-state index in [0.717, 1.165) is 41.6 Å². The SMILES string of the molecule is CN(C(=O)CSc1nnc(NC2CC2)s1)C1(C#N)CCCCC1. The smallest absolute Gasteiger partial charge is 0.234 e. The van der Waals surface area contributed by atoms with Gasteiger partial charge in [-0.2, -0.15) is 5.26 Å². The Bertz CT molecular complexity index is 601. The van der Waals surface area contributed by atoms with Crippen LogP contribution in [0.4, 0.5) is 5.13 Å². The number of rotatable bonds is 6. The molecule has 2 aliphatic carbocycles. The molecule has 1 aromatic heterocycles. The zero-order chi connectivity index (χ0) is 16.3. The lowest BCUT2D eigenvalue weighted by Gasteiger charge is -2.38. The predicted octanol–water partition coefficient (Wildman–Crippen LogP) is 2.89. The number of nitrogens with one attached hydrogen (secondary N) is 1. The zero-order valence-corrected chi connectivity index (χ0v) is 14.9. The summed E-state index contributed by atoms with van der Waals surface area (Å²) in [5, 5.41) is 21.9. The van der Waals surface area contributed by atoms with Crippen LogP contribution in [0.25, 0.3) is 0 Å². The van der Waals surface area contributed by atoms with E-state index in [9.17, 15) is 10.1 Å². The van der Waals surface area contributed by atoms with Crippen LogP contribution in [0.5, 0.6) is 0 Å². The van der Waals surface area contributed by atoms with Gasteiger partial charge in [-0.1, -0.05) is 42.4 Å². The molecule has 0 unspecified atom stereocenters. The summed E-state index contributed by atoms with van der Waals surface area (Å²) in [6.45, 7) is 0. The topological polar surface area (TPSA) is 81.9 Å². The van der Waals surface area contributed by atoms with Crippen LogP contribution in [0.15, 0.2) is 4.34 Å². The molecule has 1 aromatic rings. The Labute approximate surface area is 144 Å². The normalized spacial score (nSPS) is 19.8. The number of nitrogens with zero attached hydrogens (tertiary/aromatic N) is 4. The summed E-state index contributed by atoms with van der Waals surface area (Å²) in [4.78, 5) is 14.1. The van der Waals surface area contributed by atoms with Gasteiger partial charge in [-0.05, 0) is 25.7 Å². The molecule has 0 aliphatic heterocycles. The van der Waals surface area contributed by atoms with Crippen molar-refractivity contribution in [1.82, 2.24) is 15.1 Å². The van der Waals surface area contributed by atoms with Crippen molar-refractivity contribution in [3.63, 3.8) is 0 Å². The molecule has 124 valence electrons. The summed E-state index contributed by atoms with van der Waals surface area (Å²) < 4.78 is 0.796. The molecule has 1 heterocycles. The van der Waals surface area contributed by atoms with Crippen molar-refractivity contribution in [1.29, 1.82) is 5.26 Å². The average molecular weight is 352 g/mol. The first kappa shape index (κ1) is 16.5. The largest absolute Gasteiger partial charge is 0.357 e. The summed E-state index contributed by atoms with van der Waals surface area (Å²) >= 11 is 2.89. The molecular formula is C15H21N5OS2. The molecule has 1 N–H and O–H groups in total. The molecule has 6 nitrogen and oxygen atoms in total. The lowest BCUT2D eigenvalue weighted by molar-refractivity contribution is -0.131. The minimum atomic E-state index is -0.615. The predicted molar refractivity (Wildman–Crippen MR) is 91.5 cm³/mol. The molecule has 8 heteroatoms. The summed E-state index contributed by atoms with van der Waals surface area (Å²) in [5.74, 6) is 0.295. The second-order valence-electron chi connectivity index (χ2n) is 6.24. The molecule has 2 aliphatic rings. The Kier molecular flexibility index (Phi) is 5.07. The highest BCUT2D eigenvalue weighted by atomic mass is 32.2. The van der Waals surface area contributed by atoms with Crippen molar-refractivity contribution in [3.05, 3.63) is 0 Å². The Morgan fingerprint density at radius 2 is 2.17 bits per heavy atom. The van der Waals surface area contributed by atoms with Crippen molar-refractivity contribution in [2.45, 2.75) is 60.9 Å². The molecule has 0 radical (unpaired) electrons. The van der Waals surface area contributed by atoms with Gasteiger partial charge in [0.15, 0.2) is 4.34 Å². The van der Waals surface area contributed by atoms with Gasteiger partial charge in [-0.25, -0.2) is 0 Å². The van der Waals surface area contributed by atoms with Crippen molar-refractivity contribution in [3.8, 4) is 6.07 Å². The number of aromatic nitrogens is 2. The highest BCUT2D eigenvalue weighted by Gasteiger charge is 2.38. The summed E-state index contributed by atoms with van der Waals surface area (Å²) in [6.07, 6.45) is 7.15. The van der Waals surface area contributed by atoms with Gasteiger partial charge >= 0.3 is 0 Å². The second-order valence-corrected chi connectivity index (χ2v) is 8.44. The zero-order valence-electron chi connectivity index (χ0n) is 13.2. The van der Waals surface area contributed by atoms with Gasteiger partial charge in [0.2, 0.25) is 11.0 Å². The van der Waals surface area contributed by atoms with Crippen LogP contribution in [-0.4, -0.2) is 45.4 Å². The van der Waals surface area contributed by atoms with Gasteiger partial charge in [0.05, 0.1) is 11.8 Å². The fourth-order valence-corrected chi connectivity index (χ4v) is 4.59. The fraction of sp³-hybridized carbons (Fsp3) is 0.733. The number of amides is 1. The lowest BCUT2D eigenvalue weighted by Crippen LogP contribution is -2.50. The average Bonchev–Trinajstić information content (AvgIpc) is 3.29. The molecule has 0 atom stereocenters. The maximum absolute atomic E-state index is 12.5. The molecule has 2 fully saturated rings. The van der Waals surface area contributed by atoms with Gasteiger partial charge in [0, 0.05) is 13.1 Å². The van der Waals surface area contributed by atoms with E-state index in [1.807, 2.05) is 0 Å². The molecule has 0 aromatic carbocycles. The van der Waals surface area contributed by atoms with Gasteiger partial charge < -0.3 is 10.2 Å². The van der Waals surface area contributed by atoms with Gasteiger partial charge in [-0.15, -0.1) is 10.2 Å². The van der Waals surface area contributed by atoms with E-state index in [2.05, 4.69) is 21.6 Å². The first-order valence-electron chi connectivity index (χ1n) is 8.04. The molecule has 0 bridgehead atoms. The van der Waals surface area contributed by atoms with Gasteiger partial charge in [0.1, 0.15) is 5.54 Å².